The molecule has 3 unspecified atom stereocenters. The van der Waals surface area contributed by atoms with Gasteiger partial charge in [0.1, 0.15) is 0 Å². The molecular weight excluding hydrogens is 382 g/mol. The van der Waals surface area contributed by atoms with Gasteiger partial charge in [0.15, 0.2) is 5.88 Å². The molecule has 164 valence electrons. The van der Waals surface area contributed by atoms with E-state index in [4.69, 9.17) is 4.99 Å². The summed E-state index contributed by atoms with van der Waals surface area (Å²) in [5, 5.41) is 12.4. The number of nitrogens with zero attached hydrogens (tertiary/aromatic N) is 2. The second kappa shape index (κ2) is 11.9. The van der Waals surface area contributed by atoms with E-state index in [1.54, 1.807) is 6.08 Å². The summed E-state index contributed by atoms with van der Waals surface area (Å²) in [4.78, 5) is 9.60. The number of aliphatic imine (C=N–C) groups is 2. The maximum atomic E-state index is 9.42. The van der Waals surface area contributed by atoms with Gasteiger partial charge in [-0.05, 0) is 56.9 Å². The molecule has 0 bridgehead atoms. The van der Waals surface area contributed by atoms with E-state index >= 15 is 0 Å². The van der Waals surface area contributed by atoms with Crippen molar-refractivity contribution in [2.45, 2.75) is 45.1 Å². The van der Waals surface area contributed by atoms with E-state index in [1.165, 1.54) is 5.56 Å². The third-order valence-electron chi connectivity index (χ3n) is 5.55. The minimum Gasteiger partial charge on any atom is -0.495 e. The summed E-state index contributed by atoms with van der Waals surface area (Å²) in [5.41, 5.74) is 5.04. The third-order valence-corrected chi connectivity index (χ3v) is 5.55. The number of nitrogens with one attached hydrogen (secondary N) is 1. The molecule has 4 nitrogen and oxygen atoms in total. The Morgan fingerprint density at radius 2 is 2.03 bits per heavy atom. The normalized spacial score (nSPS) is 19.3. The van der Waals surface area contributed by atoms with Gasteiger partial charge in [-0.1, -0.05) is 56.2 Å². The molecule has 0 fully saturated rings. The van der Waals surface area contributed by atoms with E-state index in [0.29, 0.717) is 13.0 Å². The van der Waals surface area contributed by atoms with Crippen molar-refractivity contribution in [2.24, 2.45) is 15.9 Å². The lowest BCUT2D eigenvalue weighted by Crippen LogP contribution is -2.27. The average Bonchev–Trinajstić information content (AvgIpc) is 2.75. The zero-order valence-electron chi connectivity index (χ0n) is 18.8. The molecule has 0 saturated carbocycles. The number of rotatable bonds is 12. The monoisotopic (exact) mass is 417 g/mol. The zero-order valence-corrected chi connectivity index (χ0v) is 18.8. The molecule has 1 heterocycles. The van der Waals surface area contributed by atoms with Gasteiger partial charge in [0.25, 0.3) is 0 Å². The molecule has 1 aliphatic rings. The number of hydrogen-bond donors (Lipinski definition) is 2. The van der Waals surface area contributed by atoms with E-state index < -0.39 is 0 Å². The van der Waals surface area contributed by atoms with Crippen LogP contribution in [0, 0.1) is 5.92 Å². The fraction of sp³-hybridized carbons (Fsp3) is 0.333. The van der Waals surface area contributed by atoms with Gasteiger partial charge in [0.05, 0.1) is 11.8 Å². The Kier molecular flexibility index (Phi) is 9.26. The molecule has 0 saturated heterocycles. The number of benzene rings is 1. The highest BCUT2D eigenvalue weighted by atomic mass is 16.3. The molecular formula is C27H35N3O. The smallest absolute Gasteiger partial charge is 0.176 e. The van der Waals surface area contributed by atoms with Crippen molar-refractivity contribution in [3.05, 3.63) is 97.6 Å². The van der Waals surface area contributed by atoms with Gasteiger partial charge < -0.3 is 10.4 Å². The summed E-state index contributed by atoms with van der Waals surface area (Å²) in [5.74, 6) is 0.541. The Balaban J connectivity index is 2.30. The molecule has 2 N–H and O–H groups in total. The van der Waals surface area contributed by atoms with Gasteiger partial charge in [-0.15, -0.1) is 0 Å². The summed E-state index contributed by atoms with van der Waals surface area (Å²) in [6, 6.07) is 8.50. The molecule has 1 aliphatic heterocycles. The lowest BCUT2D eigenvalue weighted by molar-refractivity contribution is 0.350. The summed E-state index contributed by atoms with van der Waals surface area (Å²) < 4.78 is 0. The quantitative estimate of drug-likeness (QED) is 0.239. The molecule has 0 aliphatic carbocycles. The largest absolute Gasteiger partial charge is 0.495 e. The average molecular weight is 418 g/mol. The molecule has 0 radical (unpaired) electrons. The molecule has 1 aromatic rings. The predicted octanol–water partition coefficient (Wildman–Crippen LogP) is 6.27. The minimum absolute atomic E-state index is 0.00219. The van der Waals surface area contributed by atoms with Crippen molar-refractivity contribution >= 4 is 11.4 Å². The first-order valence-electron chi connectivity index (χ1n) is 10.8. The number of aliphatic hydroxyl groups excluding tert-OH is 1. The van der Waals surface area contributed by atoms with E-state index in [1.807, 2.05) is 26.0 Å². The number of allylic oxidation sites excluding steroid dienone is 3. The van der Waals surface area contributed by atoms with Crippen LogP contribution in [0.4, 0.5) is 0 Å². The number of fused-ring (bicyclic) bond motifs is 1. The van der Waals surface area contributed by atoms with Gasteiger partial charge in [0.2, 0.25) is 0 Å². The van der Waals surface area contributed by atoms with Crippen molar-refractivity contribution in [3.8, 4) is 0 Å². The molecule has 2 rings (SSSR count). The van der Waals surface area contributed by atoms with E-state index in [0.717, 1.165) is 35.5 Å². The molecule has 0 aromatic heterocycles. The van der Waals surface area contributed by atoms with Gasteiger partial charge in [-0.3, -0.25) is 9.98 Å². The fourth-order valence-corrected chi connectivity index (χ4v) is 4.06. The first kappa shape index (κ1) is 24.1. The van der Waals surface area contributed by atoms with Gasteiger partial charge in [-0.25, -0.2) is 0 Å². The van der Waals surface area contributed by atoms with Crippen LogP contribution in [-0.2, 0) is 0 Å². The highest BCUT2D eigenvalue weighted by Crippen LogP contribution is 2.38. The first-order valence-corrected chi connectivity index (χ1v) is 10.8. The number of hydrogen-bond acceptors (Lipinski definition) is 4. The summed E-state index contributed by atoms with van der Waals surface area (Å²) in [6.45, 7) is 20.0. The fourth-order valence-electron chi connectivity index (χ4n) is 4.06. The minimum atomic E-state index is 0.00219. The second-order valence-corrected chi connectivity index (χ2v) is 7.90. The molecule has 31 heavy (non-hydrogen) atoms. The topological polar surface area (TPSA) is 57.0 Å². The maximum absolute atomic E-state index is 9.42. The molecule has 0 spiro atoms. The maximum Gasteiger partial charge on any atom is 0.176 e. The highest BCUT2D eigenvalue weighted by molar-refractivity contribution is 6.10. The van der Waals surface area contributed by atoms with E-state index in [9.17, 15) is 5.11 Å². The van der Waals surface area contributed by atoms with Crippen LogP contribution in [0.3, 0.4) is 0 Å². The van der Waals surface area contributed by atoms with Crippen LogP contribution in [0.1, 0.15) is 50.2 Å². The van der Waals surface area contributed by atoms with Crippen LogP contribution < -0.4 is 5.32 Å². The molecule has 0 amide bonds. The lowest BCUT2D eigenvalue weighted by atomic mass is 9.78. The molecule has 4 heteroatoms. The Hall–Kier alpha value is -3.14. The predicted molar refractivity (Wildman–Crippen MR) is 134 cm³/mol. The summed E-state index contributed by atoms with van der Waals surface area (Å²) in [6.07, 6.45) is 10.4. The van der Waals surface area contributed by atoms with Gasteiger partial charge in [0, 0.05) is 35.9 Å². The molecule has 3 atom stereocenters. The van der Waals surface area contributed by atoms with Crippen molar-refractivity contribution in [1.29, 1.82) is 0 Å². The van der Waals surface area contributed by atoms with Crippen molar-refractivity contribution in [3.63, 3.8) is 0 Å². The second-order valence-electron chi connectivity index (χ2n) is 7.90. The van der Waals surface area contributed by atoms with Crippen LogP contribution in [-0.4, -0.2) is 29.1 Å². The van der Waals surface area contributed by atoms with Gasteiger partial charge in [-0.2, -0.15) is 0 Å². The summed E-state index contributed by atoms with van der Waals surface area (Å²) >= 11 is 0. The number of aliphatic hydroxyl groups is 1. The van der Waals surface area contributed by atoms with Crippen molar-refractivity contribution in [2.75, 3.05) is 6.54 Å². The van der Waals surface area contributed by atoms with Gasteiger partial charge >= 0.3 is 0 Å². The lowest BCUT2D eigenvalue weighted by Gasteiger charge is -2.32. The van der Waals surface area contributed by atoms with E-state index in [2.05, 4.69) is 67.0 Å². The van der Waals surface area contributed by atoms with Crippen LogP contribution in [0.2, 0.25) is 0 Å². The highest BCUT2D eigenvalue weighted by Gasteiger charge is 2.30. The Labute approximate surface area is 187 Å². The standard InChI is InChI=1S/C27H35N3O/c1-7-12-22(18-28-21(6)31)15-16-25-23-13-10-11-14-24(23)26(9-3)30-27(25)17-20(5)29-19(4)8-2/h7-14,22,25,27-28,31H,2-3,5-6,15-18H2,1,4H3/b12-7-,29-19?. The summed E-state index contributed by atoms with van der Waals surface area (Å²) in [7, 11) is 0. The Morgan fingerprint density at radius 1 is 1.29 bits per heavy atom. The first-order chi connectivity index (χ1) is 14.9. The molecule has 1 aromatic carbocycles. The zero-order chi connectivity index (χ0) is 22.8. The van der Waals surface area contributed by atoms with Crippen LogP contribution in [0.5, 0.6) is 0 Å². The van der Waals surface area contributed by atoms with Crippen LogP contribution in [0.15, 0.2) is 96.5 Å². The SMILES string of the molecule is C=CC(C)=NC(=C)CC1N=C(C=C)c2ccccc2C1CCC(/C=C\C)CNC(=C)O. The van der Waals surface area contributed by atoms with Crippen LogP contribution in [0.25, 0.3) is 0 Å². The Morgan fingerprint density at radius 3 is 2.68 bits per heavy atom. The van der Waals surface area contributed by atoms with Crippen molar-refractivity contribution < 1.29 is 5.11 Å². The van der Waals surface area contributed by atoms with Crippen LogP contribution >= 0.6 is 0 Å². The third kappa shape index (κ3) is 6.95. The Bertz CT molecular complexity index is 907. The van der Waals surface area contributed by atoms with Crippen molar-refractivity contribution in [1.82, 2.24) is 5.32 Å². The van der Waals surface area contributed by atoms with E-state index in [-0.39, 0.29) is 23.8 Å².